The average molecular weight is 379 g/mol. The van der Waals surface area contributed by atoms with Crippen LogP contribution in [0.1, 0.15) is 22.3 Å². The first-order valence-corrected chi connectivity index (χ1v) is 8.96. The second kappa shape index (κ2) is 7.34. The van der Waals surface area contributed by atoms with Gasteiger partial charge in [0, 0.05) is 30.0 Å². The summed E-state index contributed by atoms with van der Waals surface area (Å²) in [6, 6.07) is 15.0. The van der Waals surface area contributed by atoms with Crippen LogP contribution in [0.15, 0.2) is 55.0 Å². The molecular formula is C22H17N7. The van der Waals surface area contributed by atoms with E-state index in [9.17, 15) is 0 Å². The van der Waals surface area contributed by atoms with E-state index < -0.39 is 0 Å². The summed E-state index contributed by atoms with van der Waals surface area (Å²) in [5, 5.41) is 24.6. The molecule has 0 amide bonds. The van der Waals surface area contributed by atoms with Gasteiger partial charge < -0.3 is 15.0 Å². The molecule has 0 fully saturated rings. The lowest BCUT2D eigenvalue weighted by molar-refractivity contribution is 1.13. The van der Waals surface area contributed by atoms with Gasteiger partial charge in [-0.05, 0) is 61.4 Å². The maximum absolute atomic E-state index is 9.17. The van der Waals surface area contributed by atoms with Gasteiger partial charge in [-0.1, -0.05) is 0 Å². The zero-order valence-electron chi connectivity index (χ0n) is 15.9. The highest BCUT2D eigenvalue weighted by Crippen LogP contribution is 2.28. The molecule has 2 N–H and O–H groups in total. The predicted molar refractivity (Wildman–Crippen MR) is 111 cm³/mol. The van der Waals surface area contributed by atoms with Crippen LogP contribution in [0.4, 0.5) is 23.1 Å². The van der Waals surface area contributed by atoms with Crippen LogP contribution in [0.5, 0.6) is 0 Å². The first-order valence-electron chi connectivity index (χ1n) is 8.96. The number of nitriles is 2. The van der Waals surface area contributed by atoms with Crippen molar-refractivity contribution in [1.29, 1.82) is 10.5 Å². The van der Waals surface area contributed by atoms with Gasteiger partial charge in [-0.2, -0.15) is 15.5 Å². The average Bonchev–Trinajstić information content (AvgIpc) is 3.15. The zero-order valence-corrected chi connectivity index (χ0v) is 15.9. The van der Waals surface area contributed by atoms with Crippen molar-refractivity contribution in [3.63, 3.8) is 0 Å². The molecule has 0 bridgehead atoms. The maximum atomic E-state index is 9.17. The summed E-state index contributed by atoms with van der Waals surface area (Å²) in [4.78, 5) is 8.79. The number of nitrogens with one attached hydrogen (secondary N) is 2. The number of aryl methyl sites for hydroxylation is 2. The molecule has 1 aromatic carbocycles. The topological polar surface area (TPSA) is 102 Å². The van der Waals surface area contributed by atoms with Crippen molar-refractivity contribution in [3.05, 3.63) is 77.2 Å². The predicted octanol–water partition coefficient (Wildman–Crippen LogP) is 4.58. The molecule has 140 valence electrons. The van der Waals surface area contributed by atoms with Crippen LogP contribution >= 0.6 is 0 Å². The van der Waals surface area contributed by atoms with Crippen molar-refractivity contribution in [2.24, 2.45) is 0 Å². The summed E-state index contributed by atoms with van der Waals surface area (Å²) in [5.41, 5.74) is 6.01. The molecule has 3 aromatic heterocycles. The molecule has 0 unspecified atom stereocenters. The molecule has 0 atom stereocenters. The van der Waals surface area contributed by atoms with E-state index in [1.807, 2.05) is 48.8 Å². The van der Waals surface area contributed by atoms with Crippen LogP contribution in [-0.2, 0) is 0 Å². The van der Waals surface area contributed by atoms with Gasteiger partial charge in [0.15, 0.2) is 0 Å². The highest BCUT2D eigenvalue weighted by atomic mass is 15.1. The molecule has 0 aliphatic carbocycles. The van der Waals surface area contributed by atoms with E-state index >= 15 is 0 Å². The minimum atomic E-state index is 0.450. The van der Waals surface area contributed by atoms with Crippen molar-refractivity contribution in [3.8, 4) is 12.1 Å². The van der Waals surface area contributed by atoms with Crippen LogP contribution in [0.25, 0.3) is 5.52 Å². The first kappa shape index (κ1) is 18.0. The summed E-state index contributed by atoms with van der Waals surface area (Å²) < 4.78 is 1.96. The molecule has 7 heteroatoms. The smallest absolute Gasteiger partial charge is 0.229 e. The van der Waals surface area contributed by atoms with E-state index in [1.54, 1.807) is 24.4 Å². The van der Waals surface area contributed by atoms with Gasteiger partial charge in [0.2, 0.25) is 5.95 Å². The number of hydrogen-bond acceptors (Lipinski definition) is 6. The molecule has 4 rings (SSSR count). The van der Waals surface area contributed by atoms with Gasteiger partial charge in [0.05, 0.1) is 22.7 Å². The normalized spacial score (nSPS) is 10.3. The van der Waals surface area contributed by atoms with Crippen LogP contribution in [0.3, 0.4) is 0 Å². The van der Waals surface area contributed by atoms with Crippen LogP contribution in [0, 0.1) is 36.5 Å². The molecule has 7 nitrogen and oxygen atoms in total. The van der Waals surface area contributed by atoms with Crippen molar-refractivity contribution < 1.29 is 0 Å². The number of fused-ring (bicyclic) bond motifs is 1. The van der Waals surface area contributed by atoms with Crippen LogP contribution < -0.4 is 10.6 Å². The Kier molecular flexibility index (Phi) is 4.56. The summed E-state index contributed by atoms with van der Waals surface area (Å²) in [6.45, 7) is 4.03. The van der Waals surface area contributed by atoms with Gasteiger partial charge in [-0.15, -0.1) is 0 Å². The van der Waals surface area contributed by atoms with Crippen LogP contribution in [0.2, 0.25) is 0 Å². The second-order valence-corrected chi connectivity index (χ2v) is 6.65. The third-order valence-corrected chi connectivity index (χ3v) is 4.64. The van der Waals surface area contributed by atoms with Gasteiger partial charge in [0.1, 0.15) is 11.9 Å². The molecule has 0 saturated carbocycles. The van der Waals surface area contributed by atoms with Crippen molar-refractivity contribution in [2.75, 3.05) is 10.6 Å². The Bertz CT molecular complexity index is 1290. The van der Waals surface area contributed by atoms with E-state index in [1.165, 1.54) is 0 Å². The first-order chi connectivity index (χ1) is 14.1. The minimum Gasteiger partial charge on any atom is -0.340 e. The van der Waals surface area contributed by atoms with Crippen molar-refractivity contribution >= 4 is 28.7 Å². The number of anilines is 4. The van der Waals surface area contributed by atoms with Gasteiger partial charge >= 0.3 is 0 Å². The molecule has 29 heavy (non-hydrogen) atoms. The Labute approximate surface area is 167 Å². The molecule has 0 aliphatic rings. The zero-order chi connectivity index (χ0) is 20.4. The lowest BCUT2D eigenvalue weighted by atomic mass is 10.1. The molecule has 0 saturated heterocycles. The van der Waals surface area contributed by atoms with E-state index in [-0.39, 0.29) is 0 Å². The minimum absolute atomic E-state index is 0.450. The van der Waals surface area contributed by atoms with E-state index in [2.05, 4.69) is 32.7 Å². The number of hydrogen-bond donors (Lipinski definition) is 2. The summed E-state index contributed by atoms with van der Waals surface area (Å²) in [5.74, 6) is 1.10. The Morgan fingerprint density at radius 3 is 2.41 bits per heavy atom. The third kappa shape index (κ3) is 3.58. The Hall–Kier alpha value is -4.36. The number of benzene rings is 1. The van der Waals surface area contributed by atoms with Crippen molar-refractivity contribution in [2.45, 2.75) is 13.8 Å². The standard InChI is InChI=1S/C22H17N7/c1-14-12-29-13-17(11-24)9-19(29)15(2)21(14)27-20-7-8-25-22(28-20)26-18-5-3-16(10-23)4-6-18/h3-9,12-13H,1-2H3,(H2,25,26,27,28). The molecular weight excluding hydrogens is 362 g/mol. The quantitative estimate of drug-likeness (QED) is 0.538. The lowest BCUT2D eigenvalue weighted by Gasteiger charge is -2.14. The Morgan fingerprint density at radius 2 is 1.69 bits per heavy atom. The lowest BCUT2D eigenvalue weighted by Crippen LogP contribution is -2.03. The van der Waals surface area contributed by atoms with Crippen molar-refractivity contribution in [1.82, 2.24) is 14.4 Å². The van der Waals surface area contributed by atoms with E-state index in [0.717, 1.165) is 28.0 Å². The van der Waals surface area contributed by atoms with Gasteiger partial charge in [0.25, 0.3) is 0 Å². The Balaban J connectivity index is 1.62. The summed E-state index contributed by atoms with van der Waals surface area (Å²) in [7, 11) is 0. The summed E-state index contributed by atoms with van der Waals surface area (Å²) >= 11 is 0. The molecule has 0 aliphatic heterocycles. The number of pyridine rings is 1. The Morgan fingerprint density at radius 1 is 0.931 bits per heavy atom. The molecule has 3 heterocycles. The number of rotatable bonds is 4. The maximum Gasteiger partial charge on any atom is 0.229 e. The fourth-order valence-corrected chi connectivity index (χ4v) is 3.21. The number of aromatic nitrogens is 3. The SMILES string of the molecule is Cc1cn2cc(C#N)cc2c(C)c1Nc1ccnc(Nc2ccc(C#N)cc2)n1. The number of nitrogens with zero attached hydrogens (tertiary/aromatic N) is 5. The van der Waals surface area contributed by atoms with E-state index in [4.69, 9.17) is 10.5 Å². The largest absolute Gasteiger partial charge is 0.340 e. The fourth-order valence-electron chi connectivity index (χ4n) is 3.21. The fraction of sp³-hybridized carbons (Fsp3) is 0.0909. The van der Waals surface area contributed by atoms with E-state index in [0.29, 0.717) is 22.9 Å². The monoisotopic (exact) mass is 379 g/mol. The van der Waals surface area contributed by atoms with Crippen LogP contribution in [-0.4, -0.2) is 14.4 Å². The third-order valence-electron chi connectivity index (χ3n) is 4.64. The highest BCUT2D eigenvalue weighted by Gasteiger charge is 2.11. The molecule has 0 spiro atoms. The second-order valence-electron chi connectivity index (χ2n) is 6.65. The van der Waals surface area contributed by atoms with Gasteiger partial charge in [-0.25, -0.2) is 4.98 Å². The summed E-state index contributed by atoms with van der Waals surface area (Å²) in [6.07, 6.45) is 5.49. The molecule has 0 radical (unpaired) electrons. The molecule has 4 aromatic rings. The van der Waals surface area contributed by atoms with Gasteiger partial charge in [-0.3, -0.25) is 0 Å². The highest BCUT2D eigenvalue weighted by molar-refractivity contribution is 5.75.